The monoisotopic (exact) mass is 410 g/mol. The molecule has 0 radical (unpaired) electrons. The quantitative estimate of drug-likeness (QED) is 0.735. The lowest BCUT2D eigenvalue weighted by Crippen LogP contribution is -2.26. The molecule has 0 saturated carbocycles. The van der Waals surface area contributed by atoms with E-state index in [1.807, 2.05) is 30.1 Å². The summed E-state index contributed by atoms with van der Waals surface area (Å²) in [5, 5.41) is 2.80. The summed E-state index contributed by atoms with van der Waals surface area (Å²) in [5.41, 5.74) is 2.61. The molecule has 1 N–H and O–H groups in total. The summed E-state index contributed by atoms with van der Waals surface area (Å²) in [5.74, 6) is 1.69. The number of anilines is 1. The van der Waals surface area contributed by atoms with Crippen LogP contribution < -0.4 is 14.8 Å². The number of methoxy groups -OCH3 is 2. The van der Waals surface area contributed by atoms with Gasteiger partial charge < -0.3 is 19.7 Å². The Morgan fingerprint density at radius 2 is 1.90 bits per heavy atom. The van der Waals surface area contributed by atoms with Crippen molar-refractivity contribution in [2.75, 3.05) is 40.2 Å². The van der Waals surface area contributed by atoms with Crippen LogP contribution in [0.3, 0.4) is 0 Å². The number of benzene rings is 1. The maximum atomic E-state index is 12.6. The highest BCUT2D eigenvalue weighted by molar-refractivity contribution is 5.93. The summed E-state index contributed by atoms with van der Waals surface area (Å²) in [6.07, 6.45) is 4.88. The zero-order chi connectivity index (χ0) is 21.7. The molecule has 0 saturated heterocycles. The molecule has 8 heteroatoms. The Morgan fingerprint density at radius 3 is 2.57 bits per heavy atom. The molecule has 30 heavy (non-hydrogen) atoms. The highest BCUT2D eigenvalue weighted by atomic mass is 16.5. The summed E-state index contributed by atoms with van der Waals surface area (Å²) >= 11 is 0. The van der Waals surface area contributed by atoms with E-state index in [4.69, 9.17) is 9.47 Å². The SMILES string of the molecule is COc1cc(CN(C)C(=O)/C=C/c2cnc3c(c2)CN(C)CC(=O)N3)cc(OC)c1. The highest BCUT2D eigenvalue weighted by Gasteiger charge is 2.17. The average Bonchev–Trinajstić information content (AvgIpc) is 2.87. The molecule has 8 nitrogen and oxygen atoms in total. The van der Waals surface area contributed by atoms with E-state index in [9.17, 15) is 9.59 Å². The van der Waals surface area contributed by atoms with Crippen molar-refractivity contribution in [2.45, 2.75) is 13.1 Å². The molecule has 0 aliphatic carbocycles. The van der Waals surface area contributed by atoms with Gasteiger partial charge in [-0.2, -0.15) is 0 Å². The molecule has 2 amide bonds. The van der Waals surface area contributed by atoms with Gasteiger partial charge in [-0.05, 0) is 42.4 Å². The van der Waals surface area contributed by atoms with Crippen molar-refractivity contribution in [3.05, 3.63) is 53.2 Å². The number of nitrogens with zero attached hydrogens (tertiary/aromatic N) is 3. The van der Waals surface area contributed by atoms with E-state index in [1.165, 1.54) is 6.08 Å². The number of ether oxygens (including phenoxy) is 2. The maximum absolute atomic E-state index is 12.6. The fourth-order valence-corrected chi connectivity index (χ4v) is 3.22. The van der Waals surface area contributed by atoms with Crippen LogP contribution >= 0.6 is 0 Å². The van der Waals surface area contributed by atoms with Gasteiger partial charge in [-0.25, -0.2) is 4.98 Å². The summed E-state index contributed by atoms with van der Waals surface area (Å²) in [6.45, 7) is 1.34. The Balaban J connectivity index is 1.69. The Labute approximate surface area is 176 Å². The number of likely N-dealkylation sites (N-methyl/N-ethyl adjacent to an activating group) is 2. The zero-order valence-electron chi connectivity index (χ0n) is 17.6. The van der Waals surface area contributed by atoms with Crippen LogP contribution in [0, 0.1) is 0 Å². The lowest BCUT2D eigenvalue weighted by molar-refractivity contribution is -0.125. The van der Waals surface area contributed by atoms with Gasteiger partial charge in [0.05, 0.1) is 20.8 Å². The van der Waals surface area contributed by atoms with Crippen molar-refractivity contribution in [3.63, 3.8) is 0 Å². The summed E-state index contributed by atoms with van der Waals surface area (Å²) in [4.78, 5) is 32.2. The molecule has 158 valence electrons. The van der Waals surface area contributed by atoms with Gasteiger partial charge in [0.15, 0.2) is 0 Å². The van der Waals surface area contributed by atoms with E-state index in [1.54, 1.807) is 44.5 Å². The number of fused-ring (bicyclic) bond motifs is 1. The van der Waals surface area contributed by atoms with Gasteiger partial charge in [0.2, 0.25) is 11.8 Å². The van der Waals surface area contributed by atoms with Crippen LogP contribution in [0.2, 0.25) is 0 Å². The van der Waals surface area contributed by atoms with Crippen LogP contribution in [0.4, 0.5) is 5.82 Å². The van der Waals surface area contributed by atoms with Crippen molar-refractivity contribution in [2.24, 2.45) is 0 Å². The second-order valence-electron chi connectivity index (χ2n) is 7.25. The fraction of sp³-hybridized carbons (Fsp3) is 0.318. The van der Waals surface area contributed by atoms with Gasteiger partial charge in [0.25, 0.3) is 0 Å². The van der Waals surface area contributed by atoms with E-state index in [2.05, 4.69) is 10.3 Å². The Morgan fingerprint density at radius 1 is 1.20 bits per heavy atom. The predicted molar refractivity (Wildman–Crippen MR) is 114 cm³/mol. The minimum absolute atomic E-state index is 0.0852. The summed E-state index contributed by atoms with van der Waals surface area (Å²) < 4.78 is 10.6. The Kier molecular flexibility index (Phi) is 6.68. The second kappa shape index (κ2) is 9.41. The molecule has 2 heterocycles. The molecule has 1 aromatic heterocycles. The number of amides is 2. The first-order chi connectivity index (χ1) is 14.4. The number of pyridine rings is 1. The lowest BCUT2D eigenvalue weighted by Gasteiger charge is -2.16. The average molecular weight is 410 g/mol. The summed E-state index contributed by atoms with van der Waals surface area (Å²) in [7, 11) is 6.80. The molecule has 0 fully saturated rings. The predicted octanol–water partition coefficient (Wildman–Crippen LogP) is 2.15. The first-order valence-electron chi connectivity index (χ1n) is 9.50. The number of nitrogens with one attached hydrogen (secondary N) is 1. The minimum atomic E-state index is -0.142. The smallest absolute Gasteiger partial charge is 0.246 e. The molecule has 3 rings (SSSR count). The number of carbonyl (C=O) groups is 2. The lowest BCUT2D eigenvalue weighted by atomic mass is 10.1. The molecule has 0 atom stereocenters. The summed E-state index contributed by atoms with van der Waals surface area (Å²) in [6, 6.07) is 7.46. The van der Waals surface area contributed by atoms with Crippen LogP contribution in [0.5, 0.6) is 11.5 Å². The number of hydrogen-bond acceptors (Lipinski definition) is 6. The highest BCUT2D eigenvalue weighted by Crippen LogP contribution is 2.23. The van der Waals surface area contributed by atoms with Gasteiger partial charge in [-0.15, -0.1) is 0 Å². The van der Waals surface area contributed by atoms with Crippen molar-refractivity contribution in [1.82, 2.24) is 14.8 Å². The Hall–Kier alpha value is -3.39. The third kappa shape index (κ3) is 5.36. The van der Waals surface area contributed by atoms with Crippen LogP contribution in [0.1, 0.15) is 16.7 Å². The van der Waals surface area contributed by atoms with Crippen molar-refractivity contribution < 1.29 is 19.1 Å². The molecular formula is C22H26N4O4. The van der Waals surface area contributed by atoms with Gasteiger partial charge in [0.1, 0.15) is 17.3 Å². The molecule has 1 aliphatic heterocycles. The zero-order valence-corrected chi connectivity index (χ0v) is 17.6. The minimum Gasteiger partial charge on any atom is -0.497 e. The topological polar surface area (TPSA) is 84.0 Å². The van der Waals surface area contributed by atoms with Gasteiger partial charge >= 0.3 is 0 Å². The van der Waals surface area contributed by atoms with Crippen LogP contribution in [-0.2, 0) is 22.7 Å². The van der Waals surface area contributed by atoms with Crippen LogP contribution in [0.25, 0.3) is 6.08 Å². The van der Waals surface area contributed by atoms with E-state index in [0.717, 1.165) is 16.7 Å². The third-order valence-corrected chi connectivity index (χ3v) is 4.72. The second-order valence-corrected chi connectivity index (χ2v) is 7.25. The van der Waals surface area contributed by atoms with Gasteiger partial charge in [-0.3, -0.25) is 14.5 Å². The molecule has 2 aromatic rings. The molecule has 0 spiro atoms. The molecule has 1 aromatic carbocycles. The molecule has 1 aliphatic rings. The van der Waals surface area contributed by atoms with Gasteiger partial charge in [-0.1, -0.05) is 0 Å². The first kappa shape index (κ1) is 21.3. The molecule has 0 unspecified atom stereocenters. The molecular weight excluding hydrogens is 384 g/mol. The van der Waals surface area contributed by atoms with Crippen LogP contribution in [-0.4, -0.2) is 61.5 Å². The Bertz CT molecular complexity index is 951. The maximum Gasteiger partial charge on any atom is 0.246 e. The van der Waals surface area contributed by atoms with Crippen molar-refractivity contribution in [1.29, 1.82) is 0 Å². The van der Waals surface area contributed by atoms with Crippen molar-refractivity contribution in [3.8, 4) is 11.5 Å². The number of aromatic nitrogens is 1. The first-order valence-corrected chi connectivity index (χ1v) is 9.50. The fourth-order valence-electron chi connectivity index (χ4n) is 3.22. The van der Waals surface area contributed by atoms with E-state index in [0.29, 0.717) is 37.0 Å². The number of carbonyl (C=O) groups excluding carboxylic acids is 2. The van der Waals surface area contributed by atoms with Crippen LogP contribution in [0.15, 0.2) is 36.5 Å². The number of hydrogen-bond donors (Lipinski definition) is 1. The van der Waals surface area contributed by atoms with Gasteiger partial charge in [0, 0.05) is 44.0 Å². The van der Waals surface area contributed by atoms with E-state index < -0.39 is 0 Å². The third-order valence-electron chi connectivity index (χ3n) is 4.72. The number of rotatable bonds is 6. The van der Waals surface area contributed by atoms with E-state index in [-0.39, 0.29) is 11.8 Å². The molecule has 0 bridgehead atoms. The largest absolute Gasteiger partial charge is 0.497 e. The van der Waals surface area contributed by atoms with E-state index >= 15 is 0 Å². The van der Waals surface area contributed by atoms with Crippen molar-refractivity contribution >= 4 is 23.7 Å². The normalized spacial score (nSPS) is 14.1. The standard InChI is InChI=1S/C22H26N4O4/c1-25-13-17-7-15(11-23-22(17)24-20(27)14-25)5-6-21(28)26(2)12-16-8-18(29-3)10-19(9-16)30-4/h5-11H,12-14H2,1-4H3,(H,23,24,27)/b6-5+.